The van der Waals surface area contributed by atoms with E-state index in [1.807, 2.05) is 66.7 Å². The molecule has 0 saturated heterocycles. The van der Waals surface area contributed by atoms with Crippen molar-refractivity contribution < 1.29 is 43.0 Å². The Labute approximate surface area is 373 Å². The predicted octanol–water partition coefficient (Wildman–Crippen LogP) is 6.17. The molecule has 334 valence electrons. The number of hydrogen-bond donors (Lipinski definition) is 5. The fourth-order valence-electron chi connectivity index (χ4n) is 6.12. The van der Waals surface area contributed by atoms with Gasteiger partial charge < -0.3 is 41.2 Å². The summed E-state index contributed by atoms with van der Waals surface area (Å²) < 4.78 is 17.5. The first-order valence-electron chi connectivity index (χ1n) is 20.7. The average molecular weight is 958 g/mol. The average Bonchev–Trinajstić information content (AvgIpc) is 3.14. The van der Waals surface area contributed by atoms with E-state index in [4.69, 9.17) is 19.9 Å². The van der Waals surface area contributed by atoms with Crippen molar-refractivity contribution in [2.24, 2.45) is 5.73 Å². The maximum absolute atomic E-state index is 13.7. The largest absolute Gasteiger partial charge is 0.460 e. The van der Waals surface area contributed by atoms with Gasteiger partial charge in [-0.25, -0.2) is 14.4 Å². The van der Waals surface area contributed by atoms with Gasteiger partial charge in [0.2, 0.25) is 11.8 Å². The second-order valence-corrected chi connectivity index (χ2v) is 19.3. The summed E-state index contributed by atoms with van der Waals surface area (Å²) in [6.45, 7) is 15.5. The topological polar surface area (TPSA) is 204 Å². The number of fused-ring (bicyclic) bond motifs is 1. The summed E-state index contributed by atoms with van der Waals surface area (Å²) in [5, 5.41) is 13.0. The molecule has 4 amide bonds. The van der Waals surface area contributed by atoms with Crippen LogP contribution in [-0.4, -0.2) is 83.3 Å². The van der Waals surface area contributed by atoms with Crippen molar-refractivity contribution in [3.8, 4) is 0 Å². The molecule has 0 heterocycles. The van der Waals surface area contributed by atoms with Gasteiger partial charge in [-0.2, -0.15) is 0 Å². The quantitative estimate of drug-likeness (QED) is 0.0400. The Morgan fingerprint density at radius 1 is 0.607 bits per heavy atom. The highest BCUT2D eigenvalue weighted by atomic mass is 127. The van der Waals surface area contributed by atoms with Gasteiger partial charge in [-0.05, 0) is 151 Å². The van der Waals surface area contributed by atoms with Gasteiger partial charge in [-0.1, -0.05) is 54.6 Å². The molecular weight excluding hydrogens is 893 g/mol. The number of esters is 3. The van der Waals surface area contributed by atoms with Crippen LogP contribution < -0.4 is 27.0 Å². The minimum Gasteiger partial charge on any atom is -0.460 e. The Morgan fingerprint density at radius 2 is 1.15 bits per heavy atom. The van der Waals surface area contributed by atoms with E-state index in [0.29, 0.717) is 19.3 Å². The van der Waals surface area contributed by atoms with Crippen LogP contribution in [0.15, 0.2) is 66.7 Å². The van der Waals surface area contributed by atoms with E-state index in [2.05, 4.69) is 43.9 Å². The molecule has 6 N–H and O–H groups in total. The second-order valence-electron chi connectivity index (χ2n) is 18.1. The zero-order valence-electron chi connectivity index (χ0n) is 36.9. The van der Waals surface area contributed by atoms with Crippen molar-refractivity contribution in [2.45, 2.75) is 148 Å². The molecule has 0 fully saturated rings. The summed E-state index contributed by atoms with van der Waals surface area (Å²) in [6, 6.07) is 16.5. The molecule has 0 spiro atoms. The summed E-state index contributed by atoms with van der Waals surface area (Å²) in [4.78, 5) is 79.3. The predicted molar refractivity (Wildman–Crippen MR) is 243 cm³/mol. The number of benzene rings is 3. The molecule has 3 aromatic rings. The third-order valence-corrected chi connectivity index (χ3v) is 9.58. The normalized spacial score (nSPS) is 13.8. The highest BCUT2D eigenvalue weighted by molar-refractivity contribution is 14.1. The number of carbonyl (C=O) groups is 6. The third kappa shape index (κ3) is 19.7. The SMILES string of the molecule is CC(C)(C)OC(=O)CC[C@H](NC(=O)N[C@@H](CCCCNC(=O)[C@H](Cc1ccc2ccccc2c1)NC(=O)[C@@H](N)Cc1ccc(I)cc1)C(=O)OC(C)(C)C)C(=O)OC(C)(C)C. The lowest BCUT2D eigenvalue weighted by molar-refractivity contribution is -0.159. The van der Waals surface area contributed by atoms with Gasteiger partial charge in [0.15, 0.2) is 0 Å². The molecule has 3 rings (SSSR count). The van der Waals surface area contributed by atoms with Crippen LogP contribution in [0.1, 0.15) is 106 Å². The molecule has 0 aliphatic rings. The van der Waals surface area contributed by atoms with Gasteiger partial charge in [0, 0.05) is 23.0 Å². The van der Waals surface area contributed by atoms with Crippen LogP contribution in [0.5, 0.6) is 0 Å². The van der Waals surface area contributed by atoms with Crippen LogP contribution >= 0.6 is 22.6 Å². The number of carbonyl (C=O) groups excluding carboxylic acids is 6. The van der Waals surface area contributed by atoms with Gasteiger partial charge in [-0.15, -0.1) is 0 Å². The monoisotopic (exact) mass is 957 g/mol. The highest BCUT2D eigenvalue weighted by Gasteiger charge is 2.32. The molecule has 0 aliphatic carbocycles. The minimum absolute atomic E-state index is 0.102. The minimum atomic E-state index is -1.22. The van der Waals surface area contributed by atoms with Crippen LogP contribution in [0.3, 0.4) is 0 Å². The maximum Gasteiger partial charge on any atom is 0.329 e. The van der Waals surface area contributed by atoms with Crippen molar-refractivity contribution in [3.63, 3.8) is 0 Å². The van der Waals surface area contributed by atoms with Gasteiger partial charge in [0.1, 0.15) is 34.9 Å². The van der Waals surface area contributed by atoms with Crippen molar-refractivity contribution in [1.29, 1.82) is 0 Å². The smallest absolute Gasteiger partial charge is 0.329 e. The van der Waals surface area contributed by atoms with Crippen molar-refractivity contribution in [1.82, 2.24) is 21.3 Å². The second kappa shape index (κ2) is 22.9. The van der Waals surface area contributed by atoms with Crippen LogP contribution in [0.2, 0.25) is 0 Å². The fourth-order valence-corrected chi connectivity index (χ4v) is 6.48. The zero-order valence-corrected chi connectivity index (χ0v) is 39.1. The lowest BCUT2D eigenvalue weighted by Gasteiger charge is -2.27. The molecule has 3 aromatic carbocycles. The number of urea groups is 1. The summed E-state index contributed by atoms with van der Waals surface area (Å²) >= 11 is 2.21. The van der Waals surface area contributed by atoms with E-state index in [1.165, 1.54) is 0 Å². The molecular formula is C46H64IN5O9. The van der Waals surface area contributed by atoms with Crippen molar-refractivity contribution in [3.05, 3.63) is 81.4 Å². The van der Waals surface area contributed by atoms with Crippen LogP contribution in [0, 0.1) is 3.57 Å². The Hall–Kier alpha value is -4.77. The van der Waals surface area contributed by atoms with E-state index in [-0.39, 0.29) is 32.2 Å². The Balaban J connectivity index is 1.67. The molecule has 14 nitrogen and oxygen atoms in total. The lowest BCUT2D eigenvalue weighted by Crippen LogP contribution is -2.53. The van der Waals surface area contributed by atoms with Gasteiger partial charge in [0.25, 0.3) is 0 Å². The van der Waals surface area contributed by atoms with Gasteiger partial charge in [0.05, 0.1) is 6.04 Å². The molecule has 0 bridgehead atoms. The van der Waals surface area contributed by atoms with E-state index >= 15 is 0 Å². The number of hydrogen-bond acceptors (Lipinski definition) is 10. The summed E-state index contributed by atoms with van der Waals surface area (Å²) in [6.07, 6.45) is 1.17. The van der Waals surface area contributed by atoms with E-state index in [1.54, 1.807) is 62.3 Å². The number of ether oxygens (including phenoxy) is 3. The van der Waals surface area contributed by atoms with Crippen LogP contribution in [0.25, 0.3) is 10.8 Å². The van der Waals surface area contributed by atoms with Crippen LogP contribution in [0.4, 0.5) is 4.79 Å². The zero-order chi connectivity index (χ0) is 45.5. The van der Waals surface area contributed by atoms with Crippen molar-refractivity contribution >= 4 is 69.1 Å². The molecule has 4 atom stereocenters. The molecule has 0 unspecified atom stereocenters. The number of amides is 4. The first-order valence-corrected chi connectivity index (χ1v) is 21.8. The Kier molecular flexibility index (Phi) is 19.0. The summed E-state index contributed by atoms with van der Waals surface area (Å²) in [7, 11) is 0. The molecule has 0 radical (unpaired) electrons. The Bertz CT molecular complexity index is 1970. The number of nitrogens with one attached hydrogen (secondary N) is 4. The highest BCUT2D eigenvalue weighted by Crippen LogP contribution is 2.18. The first-order chi connectivity index (χ1) is 28.4. The standard InChI is InChI=1S/C46H64IN5O9/c1-44(2,3)59-38(53)24-23-36(42(57)61-46(7,8)9)52-43(58)51-35(41(56)60-45(4,5)6)16-12-13-25-49-40(55)37(28-30-17-20-31-14-10-11-15-32(31)26-30)50-39(54)34(48)27-29-18-21-33(47)22-19-29/h10-11,14-15,17-22,26,34-37H,12-13,16,23-25,27-28,48H2,1-9H3,(H,49,55)(H,50,54)(H2,51,52,58)/t34-,35-,36-,37-/m0/s1. The maximum atomic E-state index is 13.7. The van der Waals surface area contributed by atoms with Gasteiger partial charge >= 0.3 is 23.9 Å². The van der Waals surface area contributed by atoms with Crippen molar-refractivity contribution in [2.75, 3.05) is 6.54 Å². The van der Waals surface area contributed by atoms with Gasteiger partial charge in [-0.3, -0.25) is 14.4 Å². The van der Waals surface area contributed by atoms with E-state index in [9.17, 15) is 28.8 Å². The first kappa shape index (κ1) is 50.6. The van der Waals surface area contributed by atoms with E-state index in [0.717, 1.165) is 25.5 Å². The number of nitrogens with two attached hydrogens (primary N) is 1. The number of rotatable bonds is 19. The molecule has 61 heavy (non-hydrogen) atoms. The summed E-state index contributed by atoms with van der Waals surface area (Å²) in [5.74, 6) is -2.84. The lowest BCUT2D eigenvalue weighted by atomic mass is 10.00. The Morgan fingerprint density at radius 3 is 1.72 bits per heavy atom. The molecule has 15 heteroatoms. The van der Waals surface area contributed by atoms with E-state index < -0.39 is 76.7 Å². The fraction of sp³-hybridized carbons (Fsp3) is 0.522. The number of halogens is 1. The molecule has 0 saturated carbocycles. The number of unbranched alkanes of at least 4 members (excludes halogenated alkanes) is 1. The van der Waals surface area contributed by atoms with Crippen LogP contribution in [-0.2, 0) is 51.0 Å². The summed E-state index contributed by atoms with van der Waals surface area (Å²) in [5.41, 5.74) is 5.61. The third-order valence-electron chi connectivity index (χ3n) is 8.86. The molecule has 0 aromatic heterocycles. The molecule has 0 aliphatic heterocycles.